The molecule has 0 radical (unpaired) electrons. The van der Waals surface area contributed by atoms with Gasteiger partial charge in [-0.15, -0.1) is 0 Å². The van der Waals surface area contributed by atoms with Crippen molar-refractivity contribution in [1.29, 1.82) is 0 Å². The first-order chi connectivity index (χ1) is 9.99. The van der Waals surface area contributed by atoms with E-state index in [1.165, 1.54) is 0 Å². The molecule has 2 aromatic heterocycles. The first-order valence-corrected chi connectivity index (χ1v) is 6.61. The third-order valence-electron chi connectivity index (χ3n) is 2.99. The van der Waals surface area contributed by atoms with Gasteiger partial charge in [0.05, 0.1) is 6.54 Å². The second kappa shape index (κ2) is 6.21. The predicted octanol–water partition coefficient (Wildman–Crippen LogP) is 0.313. The Morgan fingerprint density at radius 3 is 2.67 bits per heavy atom. The number of nitrogens with zero attached hydrogens (tertiary/aromatic N) is 4. The lowest BCUT2D eigenvalue weighted by molar-refractivity contribution is -0.115. The number of carbonyl (C=O) groups is 2. The molecular formula is C13H18N6O2. The molecular weight excluding hydrogens is 272 g/mol. The molecule has 0 saturated heterocycles. The third-order valence-corrected chi connectivity index (χ3v) is 2.99. The molecule has 0 unspecified atom stereocenters. The molecule has 0 fully saturated rings. The molecule has 112 valence electrons. The van der Waals surface area contributed by atoms with Gasteiger partial charge in [-0.05, 0) is 19.9 Å². The van der Waals surface area contributed by atoms with Crippen LogP contribution in [0.15, 0.2) is 18.3 Å². The van der Waals surface area contributed by atoms with Crippen LogP contribution in [0.3, 0.4) is 0 Å². The van der Waals surface area contributed by atoms with Crippen LogP contribution in [0, 0.1) is 6.92 Å². The van der Waals surface area contributed by atoms with E-state index in [1.54, 1.807) is 34.7 Å². The Morgan fingerprint density at radius 2 is 2.10 bits per heavy atom. The lowest BCUT2D eigenvalue weighted by Gasteiger charge is -2.03. The van der Waals surface area contributed by atoms with Crippen molar-refractivity contribution in [2.24, 2.45) is 7.05 Å². The van der Waals surface area contributed by atoms with Gasteiger partial charge in [0.1, 0.15) is 5.69 Å². The Morgan fingerprint density at radius 1 is 1.33 bits per heavy atom. The number of amides is 2. The number of aryl methyl sites for hydroxylation is 3. The molecule has 21 heavy (non-hydrogen) atoms. The van der Waals surface area contributed by atoms with Crippen molar-refractivity contribution in [3.8, 4) is 0 Å². The van der Waals surface area contributed by atoms with Gasteiger partial charge in [0.2, 0.25) is 5.91 Å². The summed E-state index contributed by atoms with van der Waals surface area (Å²) < 4.78 is 3.30. The van der Waals surface area contributed by atoms with E-state index in [2.05, 4.69) is 20.8 Å². The molecule has 0 atom stereocenters. The van der Waals surface area contributed by atoms with Crippen LogP contribution in [-0.2, 0) is 18.4 Å². The predicted molar refractivity (Wildman–Crippen MR) is 76.8 cm³/mol. The summed E-state index contributed by atoms with van der Waals surface area (Å²) in [6.07, 6.45) is 1.77. The fourth-order valence-electron chi connectivity index (χ4n) is 1.71. The quantitative estimate of drug-likeness (QED) is 0.829. The summed E-state index contributed by atoms with van der Waals surface area (Å²) >= 11 is 0. The van der Waals surface area contributed by atoms with Crippen LogP contribution in [0.1, 0.15) is 23.1 Å². The minimum atomic E-state index is -0.382. The maximum absolute atomic E-state index is 11.8. The molecule has 2 amide bonds. The van der Waals surface area contributed by atoms with E-state index in [4.69, 9.17) is 0 Å². The van der Waals surface area contributed by atoms with Gasteiger partial charge in [0, 0.05) is 31.5 Å². The van der Waals surface area contributed by atoms with E-state index in [0.29, 0.717) is 5.82 Å². The van der Waals surface area contributed by atoms with Gasteiger partial charge in [-0.1, -0.05) is 0 Å². The van der Waals surface area contributed by atoms with Crippen molar-refractivity contribution in [2.75, 3.05) is 11.9 Å². The Bertz CT molecular complexity index is 638. The number of hydrogen-bond acceptors (Lipinski definition) is 4. The lowest BCUT2D eigenvalue weighted by Crippen LogP contribution is -2.33. The van der Waals surface area contributed by atoms with Gasteiger partial charge in [-0.3, -0.25) is 19.0 Å². The van der Waals surface area contributed by atoms with Gasteiger partial charge in [0.25, 0.3) is 5.91 Å². The van der Waals surface area contributed by atoms with Gasteiger partial charge < -0.3 is 10.6 Å². The molecule has 0 saturated carbocycles. The SMILES string of the molecule is CCn1ccc(NC(=O)CNC(=O)c2cc(C)n(C)n2)n1. The third kappa shape index (κ3) is 3.68. The highest BCUT2D eigenvalue weighted by atomic mass is 16.2. The van der Waals surface area contributed by atoms with E-state index >= 15 is 0 Å². The molecule has 0 aromatic carbocycles. The standard InChI is InChI=1S/C13H18N6O2/c1-4-19-6-5-11(17-19)15-12(20)8-14-13(21)10-7-9(2)18(3)16-10/h5-7H,4,8H2,1-3H3,(H,14,21)(H,15,17,20). The van der Waals surface area contributed by atoms with Crippen molar-refractivity contribution in [3.05, 3.63) is 29.7 Å². The maximum atomic E-state index is 11.8. The summed E-state index contributed by atoms with van der Waals surface area (Å²) in [6, 6.07) is 3.36. The minimum absolute atomic E-state index is 0.132. The summed E-state index contributed by atoms with van der Waals surface area (Å²) in [7, 11) is 1.75. The summed E-state index contributed by atoms with van der Waals surface area (Å²) in [4.78, 5) is 23.5. The average Bonchev–Trinajstić information content (AvgIpc) is 3.03. The van der Waals surface area contributed by atoms with Crippen LogP contribution >= 0.6 is 0 Å². The number of nitrogens with one attached hydrogen (secondary N) is 2. The van der Waals surface area contributed by atoms with Gasteiger partial charge in [0.15, 0.2) is 5.82 Å². The number of carbonyl (C=O) groups excluding carboxylic acids is 2. The zero-order valence-corrected chi connectivity index (χ0v) is 12.3. The molecule has 2 heterocycles. The van der Waals surface area contributed by atoms with Crippen molar-refractivity contribution < 1.29 is 9.59 Å². The molecule has 2 N–H and O–H groups in total. The van der Waals surface area contributed by atoms with Crippen LogP contribution in [0.4, 0.5) is 5.82 Å². The van der Waals surface area contributed by atoms with E-state index < -0.39 is 0 Å². The zero-order valence-electron chi connectivity index (χ0n) is 12.3. The van der Waals surface area contributed by atoms with Crippen LogP contribution in [0.5, 0.6) is 0 Å². The second-order valence-electron chi connectivity index (χ2n) is 4.58. The molecule has 0 aliphatic carbocycles. The van der Waals surface area contributed by atoms with Crippen molar-refractivity contribution in [3.63, 3.8) is 0 Å². The molecule has 2 rings (SSSR count). The summed E-state index contributed by atoms with van der Waals surface area (Å²) in [5.74, 6) is -0.255. The highest BCUT2D eigenvalue weighted by Gasteiger charge is 2.12. The van der Waals surface area contributed by atoms with Crippen LogP contribution in [0.25, 0.3) is 0 Å². The van der Waals surface area contributed by atoms with Crippen LogP contribution in [-0.4, -0.2) is 37.9 Å². The number of rotatable bonds is 5. The Kier molecular flexibility index (Phi) is 4.36. The molecule has 8 nitrogen and oxygen atoms in total. The van der Waals surface area contributed by atoms with E-state index in [1.807, 2.05) is 13.8 Å². The molecule has 8 heteroatoms. The highest BCUT2D eigenvalue weighted by Crippen LogP contribution is 2.02. The van der Waals surface area contributed by atoms with Crippen LogP contribution in [0.2, 0.25) is 0 Å². The molecule has 0 bridgehead atoms. The zero-order chi connectivity index (χ0) is 15.4. The topological polar surface area (TPSA) is 93.8 Å². The average molecular weight is 290 g/mol. The van der Waals surface area contributed by atoms with Gasteiger partial charge >= 0.3 is 0 Å². The fraction of sp³-hybridized carbons (Fsp3) is 0.385. The summed E-state index contributed by atoms with van der Waals surface area (Å²) in [5, 5.41) is 13.3. The van der Waals surface area contributed by atoms with E-state index in [0.717, 1.165) is 12.2 Å². The summed E-state index contributed by atoms with van der Waals surface area (Å²) in [6.45, 7) is 4.40. The molecule has 0 aliphatic heterocycles. The Labute approximate surface area is 122 Å². The molecule has 0 spiro atoms. The Hall–Kier alpha value is -2.64. The maximum Gasteiger partial charge on any atom is 0.272 e. The first kappa shape index (κ1) is 14.8. The van der Waals surface area contributed by atoms with Crippen molar-refractivity contribution in [1.82, 2.24) is 24.9 Å². The molecule has 2 aromatic rings. The number of hydrogen-bond donors (Lipinski definition) is 2. The molecule has 0 aliphatic rings. The van der Waals surface area contributed by atoms with Crippen molar-refractivity contribution in [2.45, 2.75) is 20.4 Å². The van der Waals surface area contributed by atoms with Crippen molar-refractivity contribution >= 4 is 17.6 Å². The van der Waals surface area contributed by atoms with E-state index in [9.17, 15) is 9.59 Å². The summed E-state index contributed by atoms with van der Waals surface area (Å²) in [5.41, 5.74) is 1.16. The fourth-order valence-corrected chi connectivity index (χ4v) is 1.71. The largest absolute Gasteiger partial charge is 0.342 e. The Balaban J connectivity index is 1.84. The van der Waals surface area contributed by atoms with Gasteiger partial charge in [-0.25, -0.2) is 0 Å². The lowest BCUT2D eigenvalue weighted by atomic mass is 10.3. The first-order valence-electron chi connectivity index (χ1n) is 6.61. The number of anilines is 1. The van der Waals surface area contributed by atoms with Crippen LogP contribution < -0.4 is 10.6 Å². The van der Waals surface area contributed by atoms with E-state index in [-0.39, 0.29) is 24.1 Å². The normalized spacial score (nSPS) is 10.4. The highest BCUT2D eigenvalue weighted by molar-refractivity contribution is 5.98. The minimum Gasteiger partial charge on any atom is -0.342 e. The monoisotopic (exact) mass is 290 g/mol. The smallest absolute Gasteiger partial charge is 0.272 e. The number of aromatic nitrogens is 4. The van der Waals surface area contributed by atoms with Gasteiger partial charge in [-0.2, -0.15) is 10.2 Å². The second-order valence-corrected chi connectivity index (χ2v) is 4.58.